The summed E-state index contributed by atoms with van der Waals surface area (Å²) >= 11 is 1.56. The highest BCUT2D eigenvalue weighted by atomic mass is 32.2. The van der Waals surface area contributed by atoms with Crippen molar-refractivity contribution in [3.63, 3.8) is 0 Å². The number of carbonyl (C=O) groups is 4. The average Bonchev–Trinajstić information content (AvgIpc) is 3.01. The molecule has 2 fully saturated rings. The summed E-state index contributed by atoms with van der Waals surface area (Å²) in [5.41, 5.74) is -0.0979. The zero-order chi connectivity index (χ0) is 25.3. The number of Topliss-reactive ketones (excluding diaryl/α,β-unsaturated/α-hetero) is 2. The van der Waals surface area contributed by atoms with E-state index in [-0.39, 0.29) is 29.8 Å². The predicted octanol–water partition coefficient (Wildman–Crippen LogP) is 4.27. The molecule has 34 heavy (non-hydrogen) atoms. The van der Waals surface area contributed by atoms with Crippen molar-refractivity contribution in [2.45, 2.75) is 62.7 Å². The minimum atomic E-state index is -0.935. The molecule has 1 amide bonds. The van der Waals surface area contributed by atoms with Gasteiger partial charge in [-0.1, -0.05) is 43.0 Å². The van der Waals surface area contributed by atoms with Gasteiger partial charge in [0.25, 0.3) is 0 Å². The van der Waals surface area contributed by atoms with Gasteiger partial charge in [0, 0.05) is 28.3 Å². The van der Waals surface area contributed by atoms with Crippen LogP contribution in [0.4, 0.5) is 4.79 Å². The summed E-state index contributed by atoms with van der Waals surface area (Å²) in [7, 11) is 0. The summed E-state index contributed by atoms with van der Waals surface area (Å²) in [5, 5.41) is 2.52. The fraction of sp³-hybridized carbons (Fsp3) is 0.538. The van der Waals surface area contributed by atoms with Crippen LogP contribution in [0.3, 0.4) is 0 Å². The second kappa shape index (κ2) is 9.94. The molecule has 7 nitrogen and oxygen atoms in total. The Labute approximate surface area is 205 Å². The zero-order valence-electron chi connectivity index (χ0n) is 20.3. The van der Waals surface area contributed by atoms with Crippen molar-refractivity contribution in [2.24, 2.45) is 17.8 Å². The fourth-order valence-corrected chi connectivity index (χ4v) is 6.63. The normalized spacial score (nSPS) is 26.0. The Morgan fingerprint density at radius 2 is 1.85 bits per heavy atom. The fourth-order valence-electron chi connectivity index (χ4n) is 4.70. The highest BCUT2D eigenvalue weighted by Crippen LogP contribution is 2.61. The molecular weight excluding hydrogens is 454 g/mol. The van der Waals surface area contributed by atoms with Crippen molar-refractivity contribution in [2.75, 3.05) is 6.61 Å². The maximum Gasteiger partial charge on any atom is 0.408 e. The van der Waals surface area contributed by atoms with Crippen LogP contribution in [0.1, 0.15) is 52.6 Å². The maximum absolute atomic E-state index is 13.4. The highest BCUT2D eigenvalue weighted by molar-refractivity contribution is 8.01. The Bertz CT molecular complexity index is 967. The molecule has 184 valence electrons. The molecule has 3 rings (SSSR count). The van der Waals surface area contributed by atoms with Crippen molar-refractivity contribution in [3.8, 4) is 0 Å². The summed E-state index contributed by atoms with van der Waals surface area (Å²) < 4.78 is 10.1. The standard InChI is InChI=1S/C26H33NO6S/c1-7-13-32-23(30)19-18-21(29)16(22(18)34-26(19,5)6)14-17(28)20(15-11-9-8-10-12-15)27-24(31)33-25(2,3)4/h7-12,16,18-20,22H,1,13-14H2,2-6H3,(H,27,31)/t16-,18?,19+,20-,22-/m1/s1. The molecule has 1 N–H and O–H groups in total. The van der Waals surface area contributed by atoms with Crippen LogP contribution in [-0.2, 0) is 23.9 Å². The molecule has 1 aromatic carbocycles. The number of benzene rings is 1. The van der Waals surface area contributed by atoms with Crippen LogP contribution in [0, 0.1) is 17.8 Å². The monoisotopic (exact) mass is 487 g/mol. The van der Waals surface area contributed by atoms with Crippen molar-refractivity contribution >= 4 is 35.4 Å². The van der Waals surface area contributed by atoms with E-state index >= 15 is 0 Å². The average molecular weight is 488 g/mol. The molecule has 1 aliphatic carbocycles. The van der Waals surface area contributed by atoms with Gasteiger partial charge in [-0.05, 0) is 40.2 Å². The van der Waals surface area contributed by atoms with Crippen LogP contribution in [0.2, 0.25) is 0 Å². The first-order valence-corrected chi connectivity index (χ1v) is 12.3. The van der Waals surface area contributed by atoms with Gasteiger partial charge in [-0.3, -0.25) is 14.4 Å². The number of nitrogens with one attached hydrogen (secondary N) is 1. The second-order valence-electron chi connectivity index (χ2n) is 10.3. The Morgan fingerprint density at radius 3 is 2.44 bits per heavy atom. The van der Waals surface area contributed by atoms with Crippen LogP contribution in [0.25, 0.3) is 0 Å². The molecule has 0 bridgehead atoms. The summed E-state index contributed by atoms with van der Waals surface area (Å²) in [5.74, 6) is -2.32. The van der Waals surface area contributed by atoms with Gasteiger partial charge in [0.15, 0.2) is 5.78 Å². The lowest BCUT2D eigenvalue weighted by molar-refractivity contribution is -0.156. The van der Waals surface area contributed by atoms with Crippen molar-refractivity contribution in [1.82, 2.24) is 5.32 Å². The van der Waals surface area contributed by atoms with Crippen molar-refractivity contribution < 1.29 is 28.7 Å². The van der Waals surface area contributed by atoms with E-state index in [9.17, 15) is 19.2 Å². The first-order chi connectivity index (χ1) is 15.9. The lowest BCUT2D eigenvalue weighted by Gasteiger charge is -2.39. The van der Waals surface area contributed by atoms with Gasteiger partial charge in [-0.2, -0.15) is 0 Å². The quantitative estimate of drug-likeness (QED) is 0.432. The van der Waals surface area contributed by atoms with Crippen molar-refractivity contribution in [1.29, 1.82) is 0 Å². The lowest BCUT2D eigenvalue weighted by Crippen LogP contribution is -2.53. The van der Waals surface area contributed by atoms with E-state index in [4.69, 9.17) is 9.47 Å². The molecule has 2 aliphatic rings. The zero-order valence-corrected chi connectivity index (χ0v) is 21.1. The maximum atomic E-state index is 13.4. The SMILES string of the molecule is C=CCOC(=O)[C@@H]1C2C(=O)[C@@H](CC(=O)[C@H](NC(=O)OC(C)(C)C)c3ccccc3)[C@H]2SC1(C)C. The first-order valence-electron chi connectivity index (χ1n) is 11.4. The number of rotatable bonds is 8. The van der Waals surface area contributed by atoms with Gasteiger partial charge in [0.05, 0.1) is 5.92 Å². The summed E-state index contributed by atoms with van der Waals surface area (Å²) in [6.07, 6.45) is 0.775. The predicted molar refractivity (Wildman–Crippen MR) is 130 cm³/mol. The second-order valence-corrected chi connectivity index (χ2v) is 12.1. The van der Waals surface area contributed by atoms with Gasteiger partial charge in [-0.25, -0.2) is 4.79 Å². The molecule has 8 heteroatoms. The van der Waals surface area contributed by atoms with E-state index in [0.29, 0.717) is 5.56 Å². The van der Waals surface area contributed by atoms with Gasteiger partial charge < -0.3 is 14.8 Å². The van der Waals surface area contributed by atoms with Gasteiger partial charge >= 0.3 is 12.1 Å². The molecule has 1 aromatic rings. The molecule has 0 spiro atoms. The number of carbonyl (C=O) groups excluding carboxylic acids is 4. The topological polar surface area (TPSA) is 98.8 Å². The molecule has 1 unspecified atom stereocenters. The summed E-state index contributed by atoms with van der Waals surface area (Å²) in [6, 6.07) is 7.96. The molecule has 0 aromatic heterocycles. The highest BCUT2D eigenvalue weighted by Gasteiger charge is 2.66. The Balaban J connectivity index is 1.75. The molecule has 1 aliphatic heterocycles. The van der Waals surface area contributed by atoms with E-state index in [0.717, 1.165) is 0 Å². The molecule has 0 radical (unpaired) electrons. The third-order valence-electron chi connectivity index (χ3n) is 6.13. The molecule has 1 saturated carbocycles. The van der Waals surface area contributed by atoms with E-state index in [1.807, 2.05) is 19.9 Å². The van der Waals surface area contributed by atoms with E-state index in [1.165, 1.54) is 6.08 Å². The van der Waals surface area contributed by atoms with E-state index in [1.54, 1.807) is 56.8 Å². The van der Waals surface area contributed by atoms with Crippen LogP contribution in [0.5, 0.6) is 0 Å². The van der Waals surface area contributed by atoms with Crippen LogP contribution in [0.15, 0.2) is 43.0 Å². The van der Waals surface area contributed by atoms with Gasteiger partial charge in [0.2, 0.25) is 0 Å². The molecule has 1 saturated heterocycles. The first kappa shape index (κ1) is 26.0. The van der Waals surface area contributed by atoms with E-state index < -0.39 is 46.2 Å². The Kier molecular flexibility index (Phi) is 7.60. The number of ether oxygens (including phenoxy) is 2. The number of fused-ring (bicyclic) bond motifs is 1. The number of esters is 1. The van der Waals surface area contributed by atoms with Crippen LogP contribution < -0.4 is 5.32 Å². The minimum Gasteiger partial charge on any atom is -0.461 e. The smallest absolute Gasteiger partial charge is 0.408 e. The number of hydrogen-bond acceptors (Lipinski definition) is 7. The third kappa shape index (κ3) is 5.54. The number of amides is 1. The summed E-state index contributed by atoms with van der Waals surface area (Å²) in [6.45, 7) is 12.7. The number of ketones is 2. The van der Waals surface area contributed by atoms with Crippen molar-refractivity contribution in [3.05, 3.63) is 48.6 Å². The number of hydrogen-bond donors (Lipinski definition) is 1. The lowest BCUT2D eigenvalue weighted by atomic mass is 9.63. The minimum absolute atomic E-state index is 0.0210. The van der Waals surface area contributed by atoms with E-state index in [2.05, 4.69) is 11.9 Å². The Morgan fingerprint density at radius 1 is 1.21 bits per heavy atom. The third-order valence-corrected chi connectivity index (χ3v) is 7.88. The van der Waals surface area contributed by atoms with Gasteiger partial charge in [0.1, 0.15) is 24.0 Å². The molecule has 1 heterocycles. The molecule has 5 atom stereocenters. The number of thioether (sulfide) groups is 1. The number of alkyl carbamates (subject to hydrolysis) is 1. The van der Waals surface area contributed by atoms with Crippen LogP contribution in [-0.4, -0.2) is 45.8 Å². The molecular formula is C26H33NO6S. The largest absolute Gasteiger partial charge is 0.461 e. The van der Waals surface area contributed by atoms with Gasteiger partial charge in [-0.15, -0.1) is 11.8 Å². The summed E-state index contributed by atoms with van der Waals surface area (Å²) in [4.78, 5) is 51.6. The van der Waals surface area contributed by atoms with Crippen LogP contribution >= 0.6 is 11.8 Å². The Hall–Kier alpha value is -2.61.